The number of hydrogen-bond acceptors (Lipinski definition) is 5. The largest absolute Gasteiger partial charge is 0.497 e. The van der Waals surface area contributed by atoms with Crippen LogP contribution in [-0.4, -0.2) is 57.6 Å². The number of rotatable bonds is 12. The van der Waals surface area contributed by atoms with Crippen molar-refractivity contribution >= 4 is 39.1 Å². The van der Waals surface area contributed by atoms with Crippen LogP contribution in [0, 0.1) is 0 Å². The maximum atomic E-state index is 13.6. The summed E-state index contributed by atoms with van der Waals surface area (Å²) in [7, 11) is -2.74. The smallest absolute Gasteiger partial charge is 0.417 e. The Hall–Kier alpha value is -2.99. The molecular weight excluding hydrogens is 547 g/mol. The molecule has 0 spiro atoms. The zero-order valence-electron chi connectivity index (χ0n) is 21.5. The predicted molar refractivity (Wildman–Crippen MR) is 140 cm³/mol. The van der Waals surface area contributed by atoms with Crippen LogP contribution in [-0.2, 0) is 32.3 Å². The number of halogens is 4. The summed E-state index contributed by atoms with van der Waals surface area (Å²) >= 11 is 5.69. The molecule has 2 amide bonds. The summed E-state index contributed by atoms with van der Waals surface area (Å²) < 4.78 is 71.4. The van der Waals surface area contributed by atoms with Crippen LogP contribution in [0.4, 0.5) is 18.9 Å². The topological polar surface area (TPSA) is 96.0 Å². The van der Waals surface area contributed by atoms with Gasteiger partial charge in [0.2, 0.25) is 21.8 Å². The molecule has 1 unspecified atom stereocenters. The molecule has 210 valence electrons. The minimum absolute atomic E-state index is 0.0693. The first-order chi connectivity index (χ1) is 17.7. The predicted octanol–water partition coefficient (Wildman–Crippen LogP) is 4.47. The van der Waals surface area contributed by atoms with E-state index in [0.717, 1.165) is 18.4 Å². The first-order valence-electron chi connectivity index (χ1n) is 11.8. The Morgan fingerprint density at radius 2 is 1.82 bits per heavy atom. The Morgan fingerprint density at radius 3 is 2.37 bits per heavy atom. The number of carbonyl (C=O) groups is 2. The van der Waals surface area contributed by atoms with Crippen LogP contribution >= 0.6 is 11.6 Å². The summed E-state index contributed by atoms with van der Waals surface area (Å²) in [6.07, 6.45) is -3.20. The van der Waals surface area contributed by atoms with E-state index in [0.29, 0.717) is 34.7 Å². The Morgan fingerprint density at radius 1 is 1.13 bits per heavy atom. The summed E-state index contributed by atoms with van der Waals surface area (Å²) in [5, 5.41) is 2.13. The normalized spacial score (nSPS) is 12.5. The van der Waals surface area contributed by atoms with Gasteiger partial charge in [-0.2, -0.15) is 13.2 Å². The van der Waals surface area contributed by atoms with Crippen molar-refractivity contribution in [3.8, 4) is 5.75 Å². The SMILES string of the molecule is CCCNC(=O)C(CC)N(Cc1cccc(OC)c1)C(=O)CN(c1ccc(Cl)c(C(F)(F)F)c1)S(C)(=O)=O. The number of sulfonamides is 1. The first kappa shape index (κ1) is 31.2. The third-order valence-electron chi connectivity index (χ3n) is 5.64. The average Bonchev–Trinajstić information content (AvgIpc) is 2.84. The van der Waals surface area contributed by atoms with E-state index in [1.807, 2.05) is 6.92 Å². The second-order valence-corrected chi connectivity index (χ2v) is 10.8. The summed E-state index contributed by atoms with van der Waals surface area (Å²) in [4.78, 5) is 27.8. The number of nitrogens with zero attached hydrogens (tertiary/aromatic N) is 2. The molecule has 0 aromatic heterocycles. The minimum atomic E-state index is -4.84. The second kappa shape index (κ2) is 13.2. The van der Waals surface area contributed by atoms with Crippen molar-refractivity contribution in [2.45, 2.75) is 45.5 Å². The molecule has 0 aliphatic rings. The highest BCUT2D eigenvalue weighted by atomic mass is 35.5. The zero-order valence-corrected chi connectivity index (χ0v) is 23.1. The van der Waals surface area contributed by atoms with Gasteiger partial charge in [-0.15, -0.1) is 0 Å². The lowest BCUT2D eigenvalue weighted by atomic mass is 10.1. The lowest BCUT2D eigenvalue weighted by molar-refractivity contribution is -0.140. The maximum Gasteiger partial charge on any atom is 0.417 e. The number of alkyl halides is 3. The van der Waals surface area contributed by atoms with Gasteiger partial charge in [0, 0.05) is 13.1 Å². The van der Waals surface area contributed by atoms with Gasteiger partial charge in [0.05, 0.1) is 29.6 Å². The lowest BCUT2D eigenvalue weighted by Crippen LogP contribution is -2.52. The van der Waals surface area contributed by atoms with Gasteiger partial charge < -0.3 is 15.0 Å². The number of amides is 2. The Kier molecular flexibility index (Phi) is 10.8. The average molecular weight is 578 g/mol. The summed E-state index contributed by atoms with van der Waals surface area (Å²) in [6, 6.07) is 8.40. The minimum Gasteiger partial charge on any atom is -0.497 e. The highest BCUT2D eigenvalue weighted by molar-refractivity contribution is 7.92. The molecule has 2 aromatic rings. The lowest BCUT2D eigenvalue weighted by Gasteiger charge is -2.33. The van der Waals surface area contributed by atoms with E-state index >= 15 is 0 Å². The van der Waals surface area contributed by atoms with E-state index in [9.17, 15) is 31.2 Å². The fraction of sp³-hybridized carbons (Fsp3) is 0.440. The van der Waals surface area contributed by atoms with Gasteiger partial charge in [-0.1, -0.05) is 37.6 Å². The van der Waals surface area contributed by atoms with Crippen LogP contribution in [0.15, 0.2) is 42.5 Å². The van der Waals surface area contributed by atoms with Gasteiger partial charge in [0.15, 0.2) is 0 Å². The molecule has 2 aromatic carbocycles. The van der Waals surface area contributed by atoms with Crippen LogP contribution in [0.2, 0.25) is 5.02 Å². The molecule has 2 rings (SSSR count). The number of anilines is 1. The molecule has 0 aliphatic heterocycles. The number of benzene rings is 2. The van der Waals surface area contributed by atoms with Crippen molar-refractivity contribution in [2.24, 2.45) is 0 Å². The van der Waals surface area contributed by atoms with Crippen LogP contribution in [0.1, 0.15) is 37.8 Å². The van der Waals surface area contributed by atoms with Gasteiger partial charge in [0.25, 0.3) is 0 Å². The van der Waals surface area contributed by atoms with E-state index in [1.165, 1.54) is 12.0 Å². The molecule has 0 saturated heterocycles. The highest BCUT2D eigenvalue weighted by Crippen LogP contribution is 2.37. The number of methoxy groups -OCH3 is 1. The van der Waals surface area contributed by atoms with Gasteiger partial charge in [-0.25, -0.2) is 8.42 Å². The second-order valence-electron chi connectivity index (χ2n) is 8.52. The summed E-state index contributed by atoms with van der Waals surface area (Å²) in [5.41, 5.74) is -1.02. The summed E-state index contributed by atoms with van der Waals surface area (Å²) in [5.74, 6) is -0.695. The third kappa shape index (κ3) is 8.26. The van der Waals surface area contributed by atoms with Crippen LogP contribution < -0.4 is 14.4 Å². The zero-order chi connectivity index (χ0) is 28.7. The van der Waals surface area contributed by atoms with Crippen molar-refractivity contribution in [2.75, 3.05) is 30.8 Å². The molecule has 0 saturated carbocycles. The quantitative estimate of drug-likeness (QED) is 0.402. The molecule has 0 radical (unpaired) electrons. The third-order valence-corrected chi connectivity index (χ3v) is 7.11. The van der Waals surface area contributed by atoms with E-state index in [2.05, 4.69) is 5.32 Å². The van der Waals surface area contributed by atoms with Gasteiger partial charge >= 0.3 is 6.18 Å². The standard InChI is InChI=1S/C25H31ClF3N3O5S/c1-5-12-30-24(34)22(6-2)31(15-17-8-7-9-19(13-17)37-3)23(33)16-32(38(4,35)36)18-10-11-21(26)20(14-18)25(27,28)29/h7-11,13-14,22H,5-6,12,15-16H2,1-4H3,(H,30,34). The molecule has 0 fully saturated rings. The first-order valence-corrected chi connectivity index (χ1v) is 14.0. The molecule has 38 heavy (non-hydrogen) atoms. The molecule has 1 atom stereocenters. The van der Waals surface area contributed by atoms with Crippen molar-refractivity contribution in [3.63, 3.8) is 0 Å². The molecule has 1 N–H and O–H groups in total. The Bertz CT molecular complexity index is 1240. The Balaban J connectivity index is 2.52. The molecule has 13 heteroatoms. The van der Waals surface area contributed by atoms with Crippen molar-refractivity contribution in [3.05, 3.63) is 58.6 Å². The van der Waals surface area contributed by atoms with Crippen molar-refractivity contribution < 1.29 is 35.9 Å². The van der Waals surface area contributed by atoms with E-state index in [4.69, 9.17) is 16.3 Å². The molecular formula is C25H31ClF3N3O5S. The highest BCUT2D eigenvalue weighted by Gasteiger charge is 2.36. The van der Waals surface area contributed by atoms with E-state index in [1.54, 1.807) is 31.2 Å². The van der Waals surface area contributed by atoms with E-state index in [-0.39, 0.29) is 18.7 Å². The summed E-state index contributed by atoms with van der Waals surface area (Å²) in [6.45, 7) is 3.03. The monoisotopic (exact) mass is 577 g/mol. The number of hydrogen-bond donors (Lipinski definition) is 1. The number of nitrogens with one attached hydrogen (secondary N) is 1. The maximum absolute atomic E-state index is 13.6. The van der Waals surface area contributed by atoms with Crippen molar-refractivity contribution in [1.29, 1.82) is 0 Å². The number of ether oxygens (including phenoxy) is 1. The van der Waals surface area contributed by atoms with Gasteiger partial charge in [0.1, 0.15) is 18.3 Å². The fourth-order valence-electron chi connectivity index (χ4n) is 3.75. The van der Waals surface area contributed by atoms with E-state index < -0.39 is 51.2 Å². The van der Waals surface area contributed by atoms with Crippen LogP contribution in [0.25, 0.3) is 0 Å². The Labute approximate surface area is 225 Å². The van der Waals surface area contributed by atoms with Gasteiger partial charge in [-0.3, -0.25) is 13.9 Å². The number of carbonyl (C=O) groups excluding carboxylic acids is 2. The van der Waals surface area contributed by atoms with Crippen LogP contribution in [0.3, 0.4) is 0 Å². The molecule has 0 heterocycles. The molecule has 0 aliphatic carbocycles. The van der Waals surface area contributed by atoms with Crippen LogP contribution in [0.5, 0.6) is 5.75 Å². The van der Waals surface area contributed by atoms with Gasteiger partial charge in [-0.05, 0) is 48.7 Å². The molecule has 0 bridgehead atoms. The molecule has 8 nitrogen and oxygen atoms in total. The van der Waals surface area contributed by atoms with Crippen molar-refractivity contribution in [1.82, 2.24) is 10.2 Å². The fourth-order valence-corrected chi connectivity index (χ4v) is 4.82.